The van der Waals surface area contributed by atoms with Crippen molar-refractivity contribution in [2.75, 3.05) is 26.2 Å². The Bertz CT molecular complexity index is 763. The van der Waals surface area contributed by atoms with Gasteiger partial charge in [-0.25, -0.2) is 0 Å². The summed E-state index contributed by atoms with van der Waals surface area (Å²) in [5, 5.41) is 12.6. The minimum Gasteiger partial charge on any atom is -0.494 e. The lowest BCUT2D eigenvalue weighted by molar-refractivity contribution is -0.0690. The first kappa shape index (κ1) is 21.4. The first-order valence-electron chi connectivity index (χ1n) is 11.9. The molecule has 1 heterocycles. The molecule has 0 amide bonds. The van der Waals surface area contributed by atoms with E-state index in [0.29, 0.717) is 6.61 Å². The molecule has 0 aromatic heterocycles. The van der Waals surface area contributed by atoms with Gasteiger partial charge in [0, 0.05) is 12.5 Å². The van der Waals surface area contributed by atoms with Gasteiger partial charge in [-0.15, -0.1) is 0 Å². The molecule has 0 unspecified atom stereocenters. The number of aliphatic hydroxyl groups is 1. The van der Waals surface area contributed by atoms with Crippen LogP contribution in [0.4, 0.5) is 0 Å². The lowest BCUT2D eigenvalue weighted by Crippen LogP contribution is -2.46. The standard InChI is InChI=1S/C27H37NO2/c1-2-30-25-17-15-24(16-18-25)27(29,23-13-7-4-8-14-23)26(21-28-19-9-10-20-28)22-11-5-3-6-12-22/h3,5-6,11-12,15-18,23,26,29H,2,4,7-10,13-14,19-21H2,1H3/t26-,27+/m0/s1. The van der Waals surface area contributed by atoms with Crippen molar-refractivity contribution >= 4 is 0 Å². The lowest BCUT2D eigenvalue weighted by atomic mass is 9.65. The maximum atomic E-state index is 12.6. The third-order valence-electron chi connectivity index (χ3n) is 7.23. The Balaban J connectivity index is 1.75. The van der Waals surface area contributed by atoms with Gasteiger partial charge in [0.1, 0.15) is 11.4 Å². The molecule has 1 N–H and O–H groups in total. The Labute approximate surface area is 182 Å². The summed E-state index contributed by atoms with van der Waals surface area (Å²) >= 11 is 0. The smallest absolute Gasteiger partial charge is 0.119 e. The molecule has 3 nitrogen and oxygen atoms in total. The molecular weight excluding hydrogens is 370 g/mol. The molecule has 162 valence electrons. The van der Waals surface area contributed by atoms with Crippen LogP contribution in [0.3, 0.4) is 0 Å². The van der Waals surface area contributed by atoms with Gasteiger partial charge in [-0.1, -0.05) is 61.7 Å². The van der Waals surface area contributed by atoms with Crippen molar-refractivity contribution in [1.82, 2.24) is 4.90 Å². The Morgan fingerprint density at radius 1 is 0.933 bits per heavy atom. The molecule has 0 bridgehead atoms. The van der Waals surface area contributed by atoms with Gasteiger partial charge in [-0.2, -0.15) is 0 Å². The molecule has 1 saturated carbocycles. The molecule has 0 spiro atoms. The Hall–Kier alpha value is -1.84. The first-order valence-corrected chi connectivity index (χ1v) is 11.9. The molecular formula is C27H37NO2. The molecule has 1 aliphatic carbocycles. The molecule has 30 heavy (non-hydrogen) atoms. The van der Waals surface area contributed by atoms with E-state index < -0.39 is 5.60 Å². The van der Waals surface area contributed by atoms with Crippen molar-refractivity contribution in [1.29, 1.82) is 0 Å². The minimum absolute atomic E-state index is 0.0674. The van der Waals surface area contributed by atoms with Gasteiger partial charge in [-0.05, 0) is 74.9 Å². The number of ether oxygens (including phenoxy) is 1. The quantitative estimate of drug-likeness (QED) is 0.606. The number of benzene rings is 2. The van der Waals surface area contributed by atoms with E-state index in [9.17, 15) is 5.11 Å². The summed E-state index contributed by atoms with van der Waals surface area (Å²) in [7, 11) is 0. The van der Waals surface area contributed by atoms with Crippen LogP contribution in [-0.2, 0) is 5.60 Å². The highest BCUT2D eigenvalue weighted by Crippen LogP contribution is 2.49. The molecule has 2 fully saturated rings. The van der Waals surface area contributed by atoms with Crippen molar-refractivity contribution in [2.24, 2.45) is 5.92 Å². The Morgan fingerprint density at radius 3 is 2.23 bits per heavy atom. The van der Waals surface area contributed by atoms with Crippen molar-refractivity contribution in [2.45, 2.75) is 63.4 Å². The van der Waals surface area contributed by atoms with Crippen LogP contribution >= 0.6 is 0 Å². The topological polar surface area (TPSA) is 32.7 Å². The van der Waals surface area contributed by atoms with Crippen LogP contribution in [0.5, 0.6) is 5.75 Å². The predicted octanol–water partition coefficient (Wildman–Crippen LogP) is 5.73. The van der Waals surface area contributed by atoms with E-state index in [1.807, 2.05) is 19.1 Å². The maximum absolute atomic E-state index is 12.6. The van der Waals surface area contributed by atoms with E-state index in [2.05, 4.69) is 47.4 Å². The lowest BCUT2D eigenvalue weighted by Gasteiger charge is -2.46. The van der Waals surface area contributed by atoms with Crippen molar-refractivity contribution in [3.05, 3.63) is 65.7 Å². The molecule has 1 aliphatic heterocycles. The maximum Gasteiger partial charge on any atom is 0.119 e. The van der Waals surface area contributed by atoms with Crippen LogP contribution in [-0.4, -0.2) is 36.2 Å². The molecule has 2 aromatic rings. The summed E-state index contributed by atoms with van der Waals surface area (Å²) < 4.78 is 5.68. The normalized spacial score (nSPS) is 21.3. The van der Waals surface area contributed by atoms with Crippen LogP contribution in [0, 0.1) is 5.92 Å². The highest BCUT2D eigenvalue weighted by Gasteiger charge is 2.46. The molecule has 2 aliphatic rings. The largest absolute Gasteiger partial charge is 0.494 e. The zero-order chi connectivity index (χ0) is 20.8. The van der Waals surface area contributed by atoms with E-state index in [0.717, 1.165) is 43.8 Å². The fourth-order valence-corrected chi connectivity index (χ4v) is 5.66. The van der Waals surface area contributed by atoms with Gasteiger partial charge >= 0.3 is 0 Å². The second-order valence-electron chi connectivity index (χ2n) is 9.09. The second-order valence-corrected chi connectivity index (χ2v) is 9.09. The van der Waals surface area contributed by atoms with E-state index >= 15 is 0 Å². The van der Waals surface area contributed by atoms with E-state index in [4.69, 9.17) is 4.74 Å². The van der Waals surface area contributed by atoms with Crippen LogP contribution in [0.25, 0.3) is 0 Å². The van der Waals surface area contributed by atoms with Gasteiger partial charge in [0.15, 0.2) is 0 Å². The molecule has 2 atom stereocenters. The summed E-state index contributed by atoms with van der Waals surface area (Å²) in [6.45, 7) is 5.88. The van der Waals surface area contributed by atoms with Crippen LogP contribution in [0.1, 0.15) is 68.9 Å². The molecule has 1 saturated heterocycles. The Kier molecular flexibility index (Phi) is 7.12. The monoisotopic (exact) mass is 407 g/mol. The zero-order valence-electron chi connectivity index (χ0n) is 18.4. The number of likely N-dealkylation sites (tertiary alicyclic amines) is 1. The highest BCUT2D eigenvalue weighted by atomic mass is 16.5. The average molecular weight is 408 g/mol. The number of rotatable bonds is 8. The SMILES string of the molecule is CCOc1ccc([C@](O)(C2CCCCC2)[C@@H](CN2CCCC2)c2ccccc2)cc1. The summed E-state index contributed by atoms with van der Waals surface area (Å²) in [5.41, 5.74) is 1.44. The third kappa shape index (κ3) is 4.58. The summed E-state index contributed by atoms with van der Waals surface area (Å²) in [5.74, 6) is 1.23. The fraction of sp³-hybridized carbons (Fsp3) is 0.556. The summed E-state index contributed by atoms with van der Waals surface area (Å²) in [6.07, 6.45) is 8.47. The van der Waals surface area contributed by atoms with Crippen LogP contribution in [0.15, 0.2) is 54.6 Å². The van der Waals surface area contributed by atoms with Gasteiger partial charge in [0.05, 0.1) is 6.61 Å². The fourth-order valence-electron chi connectivity index (χ4n) is 5.66. The van der Waals surface area contributed by atoms with Gasteiger partial charge < -0.3 is 14.7 Å². The van der Waals surface area contributed by atoms with Gasteiger partial charge in [0.2, 0.25) is 0 Å². The van der Waals surface area contributed by atoms with Crippen LogP contribution in [0.2, 0.25) is 0 Å². The van der Waals surface area contributed by atoms with E-state index in [-0.39, 0.29) is 11.8 Å². The van der Waals surface area contributed by atoms with E-state index in [1.165, 1.54) is 37.7 Å². The minimum atomic E-state index is -0.866. The van der Waals surface area contributed by atoms with Crippen molar-refractivity contribution in [3.8, 4) is 5.75 Å². The second kappa shape index (κ2) is 9.98. The van der Waals surface area contributed by atoms with Crippen molar-refractivity contribution < 1.29 is 9.84 Å². The predicted molar refractivity (Wildman–Crippen MR) is 123 cm³/mol. The molecule has 4 rings (SSSR count). The number of hydrogen-bond donors (Lipinski definition) is 1. The average Bonchev–Trinajstić information content (AvgIpc) is 3.32. The number of nitrogens with zero attached hydrogens (tertiary/aromatic N) is 1. The van der Waals surface area contributed by atoms with E-state index in [1.54, 1.807) is 0 Å². The summed E-state index contributed by atoms with van der Waals surface area (Å²) in [4.78, 5) is 2.56. The zero-order valence-corrected chi connectivity index (χ0v) is 18.4. The Morgan fingerprint density at radius 2 is 1.60 bits per heavy atom. The summed E-state index contributed by atoms with van der Waals surface area (Å²) in [6, 6.07) is 19.0. The van der Waals surface area contributed by atoms with Gasteiger partial charge in [0.25, 0.3) is 0 Å². The third-order valence-corrected chi connectivity index (χ3v) is 7.23. The molecule has 3 heteroatoms. The number of hydrogen-bond acceptors (Lipinski definition) is 3. The first-order chi connectivity index (χ1) is 14.7. The molecule has 0 radical (unpaired) electrons. The van der Waals surface area contributed by atoms with Crippen LogP contribution < -0.4 is 4.74 Å². The molecule has 2 aromatic carbocycles. The van der Waals surface area contributed by atoms with Gasteiger partial charge in [-0.3, -0.25) is 0 Å². The van der Waals surface area contributed by atoms with Crippen molar-refractivity contribution in [3.63, 3.8) is 0 Å². The highest BCUT2D eigenvalue weighted by molar-refractivity contribution is 5.36.